The van der Waals surface area contributed by atoms with Crippen molar-refractivity contribution in [1.29, 1.82) is 0 Å². The van der Waals surface area contributed by atoms with Crippen molar-refractivity contribution in [2.75, 3.05) is 12.3 Å². The maximum absolute atomic E-state index is 12.1. The highest BCUT2D eigenvalue weighted by atomic mass is 19.4. The van der Waals surface area contributed by atoms with Crippen molar-refractivity contribution in [2.45, 2.75) is 6.18 Å². The number of alkyl halides is 3. The molecule has 0 saturated heterocycles. The minimum atomic E-state index is -4.37. The predicted molar refractivity (Wildman–Crippen MR) is 57.7 cm³/mol. The van der Waals surface area contributed by atoms with Crippen molar-refractivity contribution in [2.24, 2.45) is 0 Å². The first kappa shape index (κ1) is 11.5. The van der Waals surface area contributed by atoms with Gasteiger partial charge in [0.05, 0.1) is 0 Å². The van der Waals surface area contributed by atoms with Gasteiger partial charge in [-0.05, 0) is 12.1 Å². The molecule has 1 heterocycles. The van der Waals surface area contributed by atoms with Crippen LogP contribution >= 0.6 is 0 Å². The second-order valence-corrected chi connectivity index (χ2v) is 3.46. The summed E-state index contributed by atoms with van der Waals surface area (Å²) in [5.74, 6) is 0.0760. The molecule has 0 radical (unpaired) electrons. The number of para-hydroxylation sites is 1. The number of nitrogen functional groups attached to an aromatic ring is 1. The van der Waals surface area contributed by atoms with E-state index in [1.165, 1.54) is 12.3 Å². The number of hydrogen-bond donors (Lipinski definition) is 1. The number of pyridine rings is 1. The SMILES string of the molecule is Nc1ccnc2c(OCC(F)(F)F)cccc12. The third-order valence-corrected chi connectivity index (χ3v) is 2.16. The van der Waals surface area contributed by atoms with Crippen LogP contribution in [0.4, 0.5) is 18.9 Å². The van der Waals surface area contributed by atoms with Crippen LogP contribution in [0.25, 0.3) is 10.9 Å². The number of aromatic nitrogens is 1. The van der Waals surface area contributed by atoms with E-state index in [2.05, 4.69) is 4.98 Å². The third-order valence-electron chi connectivity index (χ3n) is 2.16. The summed E-state index contributed by atoms with van der Waals surface area (Å²) < 4.78 is 40.8. The van der Waals surface area contributed by atoms with Crippen LogP contribution in [0.5, 0.6) is 5.75 Å². The molecule has 1 aromatic carbocycles. The highest BCUT2D eigenvalue weighted by Crippen LogP contribution is 2.28. The van der Waals surface area contributed by atoms with E-state index in [9.17, 15) is 13.2 Å². The summed E-state index contributed by atoms with van der Waals surface area (Å²) in [6.45, 7) is -1.34. The molecule has 17 heavy (non-hydrogen) atoms. The van der Waals surface area contributed by atoms with Crippen LogP contribution in [0.1, 0.15) is 0 Å². The summed E-state index contributed by atoms with van der Waals surface area (Å²) in [6, 6.07) is 6.26. The topological polar surface area (TPSA) is 48.1 Å². The Labute approximate surface area is 95.0 Å². The van der Waals surface area contributed by atoms with E-state index < -0.39 is 12.8 Å². The van der Waals surface area contributed by atoms with Gasteiger partial charge in [0.25, 0.3) is 0 Å². The Morgan fingerprint density at radius 2 is 2.00 bits per heavy atom. The van der Waals surface area contributed by atoms with Crippen LogP contribution in [-0.2, 0) is 0 Å². The number of benzene rings is 1. The summed E-state index contributed by atoms with van der Waals surface area (Å²) in [5.41, 5.74) is 6.47. The van der Waals surface area contributed by atoms with Crippen molar-refractivity contribution in [3.8, 4) is 5.75 Å². The maximum Gasteiger partial charge on any atom is 0.422 e. The smallest absolute Gasteiger partial charge is 0.422 e. The Morgan fingerprint density at radius 3 is 2.71 bits per heavy atom. The molecule has 0 spiro atoms. The lowest BCUT2D eigenvalue weighted by Crippen LogP contribution is -2.19. The van der Waals surface area contributed by atoms with Gasteiger partial charge in [0, 0.05) is 17.3 Å². The fourth-order valence-electron chi connectivity index (χ4n) is 1.45. The van der Waals surface area contributed by atoms with Crippen LogP contribution in [-0.4, -0.2) is 17.8 Å². The van der Waals surface area contributed by atoms with Crippen molar-refractivity contribution in [1.82, 2.24) is 4.98 Å². The molecule has 6 heteroatoms. The molecular weight excluding hydrogens is 233 g/mol. The summed E-state index contributed by atoms with van der Waals surface area (Å²) in [7, 11) is 0. The van der Waals surface area contributed by atoms with Gasteiger partial charge in [-0.1, -0.05) is 12.1 Å². The summed E-state index contributed by atoms with van der Waals surface area (Å²) in [6.07, 6.45) is -2.94. The zero-order chi connectivity index (χ0) is 12.5. The average Bonchev–Trinajstić information content (AvgIpc) is 2.26. The number of anilines is 1. The number of nitrogens with zero attached hydrogens (tertiary/aromatic N) is 1. The molecule has 0 saturated carbocycles. The van der Waals surface area contributed by atoms with Gasteiger partial charge in [0.15, 0.2) is 6.61 Å². The van der Waals surface area contributed by atoms with E-state index in [0.717, 1.165) is 0 Å². The molecule has 0 amide bonds. The zero-order valence-corrected chi connectivity index (χ0v) is 8.66. The van der Waals surface area contributed by atoms with Gasteiger partial charge in [0.1, 0.15) is 11.3 Å². The number of nitrogens with two attached hydrogens (primary N) is 1. The Balaban J connectivity index is 2.38. The molecule has 0 fully saturated rings. The number of ether oxygens (including phenoxy) is 1. The molecule has 0 unspecified atom stereocenters. The lowest BCUT2D eigenvalue weighted by Gasteiger charge is -2.11. The number of fused-ring (bicyclic) bond motifs is 1. The zero-order valence-electron chi connectivity index (χ0n) is 8.66. The molecule has 2 N–H and O–H groups in total. The molecular formula is C11H9F3N2O. The van der Waals surface area contributed by atoms with Crippen LogP contribution in [0, 0.1) is 0 Å². The molecule has 0 aliphatic carbocycles. The highest BCUT2D eigenvalue weighted by molar-refractivity contribution is 5.93. The highest BCUT2D eigenvalue weighted by Gasteiger charge is 2.28. The van der Waals surface area contributed by atoms with Gasteiger partial charge in [-0.3, -0.25) is 4.98 Å². The van der Waals surface area contributed by atoms with Gasteiger partial charge < -0.3 is 10.5 Å². The van der Waals surface area contributed by atoms with Gasteiger partial charge in [-0.2, -0.15) is 13.2 Å². The van der Waals surface area contributed by atoms with Crippen molar-refractivity contribution in [3.63, 3.8) is 0 Å². The first-order chi connectivity index (χ1) is 7.97. The van der Waals surface area contributed by atoms with E-state index in [1.54, 1.807) is 18.2 Å². The van der Waals surface area contributed by atoms with E-state index >= 15 is 0 Å². The minimum Gasteiger partial charge on any atom is -0.482 e. The summed E-state index contributed by atoms with van der Waals surface area (Å²) in [4.78, 5) is 3.97. The van der Waals surface area contributed by atoms with Crippen molar-refractivity contribution in [3.05, 3.63) is 30.5 Å². The lowest BCUT2D eigenvalue weighted by atomic mass is 10.2. The quantitative estimate of drug-likeness (QED) is 0.880. The third kappa shape index (κ3) is 2.58. The second kappa shape index (κ2) is 4.12. The largest absolute Gasteiger partial charge is 0.482 e. The molecule has 2 rings (SSSR count). The van der Waals surface area contributed by atoms with E-state index in [1.807, 2.05) is 0 Å². The maximum atomic E-state index is 12.1. The fourth-order valence-corrected chi connectivity index (χ4v) is 1.45. The summed E-state index contributed by atoms with van der Waals surface area (Å²) >= 11 is 0. The fraction of sp³-hybridized carbons (Fsp3) is 0.182. The number of hydrogen-bond acceptors (Lipinski definition) is 3. The Hall–Kier alpha value is -1.98. The van der Waals surface area contributed by atoms with Crippen LogP contribution in [0.2, 0.25) is 0 Å². The molecule has 0 aliphatic rings. The van der Waals surface area contributed by atoms with Gasteiger partial charge in [-0.15, -0.1) is 0 Å². The number of rotatable bonds is 2. The Bertz CT molecular complexity index is 540. The normalized spacial score (nSPS) is 11.7. The van der Waals surface area contributed by atoms with Crippen molar-refractivity contribution < 1.29 is 17.9 Å². The standard InChI is InChI=1S/C11H9F3N2O/c12-11(13,14)6-17-9-3-1-2-7-8(15)4-5-16-10(7)9/h1-5H,6H2,(H2,15,16). The average molecular weight is 242 g/mol. The first-order valence-corrected chi connectivity index (χ1v) is 4.80. The van der Waals surface area contributed by atoms with Gasteiger partial charge in [-0.25, -0.2) is 0 Å². The van der Waals surface area contributed by atoms with Crippen molar-refractivity contribution >= 4 is 16.6 Å². The van der Waals surface area contributed by atoms with E-state index in [4.69, 9.17) is 10.5 Å². The van der Waals surface area contributed by atoms with Gasteiger partial charge >= 0.3 is 6.18 Å². The molecule has 0 aliphatic heterocycles. The molecule has 2 aromatic rings. The molecule has 90 valence electrons. The lowest BCUT2D eigenvalue weighted by molar-refractivity contribution is -0.153. The summed E-state index contributed by atoms with van der Waals surface area (Å²) in [5, 5.41) is 0.576. The van der Waals surface area contributed by atoms with Crippen LogP contribution in [0.3, 0.4) is 0 Å². The minimum absolute atomic E-state index is 0.0760. The molecule has 0 bridgehead atoms. The first-order valence-electron chi connectivity index (χ1n) is 4.80. The van der Waals surface area contributed by atoms with Crippen LogP contribution < -0.4 is 10.5 Å². The Morgan fingerprint density at radius 1 is 1.24 bits per heavy atom. The van der Waals surface area contributed by atoms with E-state index in [0.29, 0.717) is 16.6 Å². The monoisotopic (exact) mass is 242 g/mol. The molecule has 1 aromatic heterocycles. The molecule has 3 nitrogen and oxygen atoms in total. The predicted octanol–water partition coefficient (Wildman–Crippen LogP) is 2.76. The van der Waals surface area contributed by atoms with E-state index in [-0.39, 0.29) is 5.75 Å². The number of halogens is 3. The van der Waals surface area contributed by atoms with Crippen LogP contribution in [0.15, 0.2) is 30.5 Å². The molecule has 0 atom stereocenters. The Kier molecular flexibility index (Phi) is 2.79. The van der Waals surface area contributed by atoms with Gasteiger partial charge in [0.2, 0.25) is 0 Å². The second-order valence-electron chi connectivity index (χ2n) is 3.46.